The highest BCUT2D eigenvalue weighted by atomic mass is 16.2. The van der Waals surface area contributed by atoms with E-state index >= 15 is 0 Å². The summed E-state index contributed by atoms with van der Waals surface area (Å²) in [5, 5.41) is 0. The van der Waals surface area contributed by atoms with Gasteiger partial charge in [0.2, 0.25) is 5.91 Å². The van der Waals surface area contributed by atoms with E-state index in [2.05, 4.69) is 4.90 Å². The summed E-state index contributed by atoms with van der Waals surface area (Å²) in [6.45, 7) is 2.02. The maximum absolute atomic E-state index is 13.6. The lowest BCUT2D eigenvalue weighted by Crippen LogP contribution is -2.42. The van der Waals surface area contributed by atoms with Crippen molar-refractivity contribution in [2.75, 3.05) is 25.0 Å². The Balaban J connectivity index is 1.26. The third-order valence-electron chi connectivity index (χ3n) is 8.19. The summed E-state index contributed by atoms with van der Waals surface area (Å²) in [6, 6.07) is 15.7. The Kier molecular flexibility index (Phi) is 7.40. The zero-order valence-corrected chi connectivity index (χ0v) is 21.3. The summed E-state index contributed by atoms with van der Waals surface area (Å²) in [6.07, 6.45) is 9.07. The van der Waals surface area contributed by atoms with Crippen LogP contribution in [0.3, 0.4) is 0 Å². The van der Waals surface area contributed by atoms with Gasteiger partial charge in [-0.2, -0.15) is 0 Å². The summed E-state index contributed by atoms with van der Waals surface area (Å²) in [4.78, 5) is 45.7. The van der Waals surface area contributed by atoms with E-state index < -0.39 is 0 Å². The van der Waals surface area contributed by atoms with Crippen molar-refractivity contribution in [1.29, 1.82) is 0 Å². The number of hydrogen-bond donors (Lipinski definition) is 0. The highest BCUT2D eigenvalue weighted by Crippen LogP contribution is 2.37. The molecule has 0 aromatic heterocycles. The van der Waals surface area contributed by atoms with E-state index in [1.165, 1.54) is 19.3 Å². The molecule has 1 saturated heterocycles. The van der Waals surface area contributed by atoms with E-state index in [0.29, 0.717) is 30.8 Å². The molecule has 2 fully saturated rings. The lowest BCUT2D eigenvalue weighted by atomic mass is 9.94. The molecule has 2 heterocycles. The fraction of sp³-hybridized carbons (Fsp3) is 0.500. The third-order valence-corrected chi connectivity index (χ3v) is 8.19. The van der Waals surface area contributed by atoms with Gasteiger partial charge in [-0.15, -0.1) is 0 Å². The standard InChI is InChI=1S/C30H37N3O3/c1-31(21-22-11-6-5-7-12-22)28(34)23-17-19-32(20-18-23)26-16-10-15-25-27(26)30(36)33(29(25)35)24-13-8-3-2-4-9-14-24/h5-7,10-12,15-16,23-24H,2-4,8-9,13-14,17-21H2,1H3. The first-order valence-corrected chi connectivity index (χ1v) is 13.6. The number of benzene rings is 2. The van der Waals surface area contributed by atoms with E-state index in [-0.39, 0.29) is 29.7 Å². The monoisotopic (exact) mass is 487 g/mol. The molecule has 190 valence electrons. The maximum atomic E-state index is 13.6. The number of rotatable bonds is 5. The molecular weight excluding hydrogens is 450 g/mol. The minimum Gasteiger partial charge on any atom is -0.371 e. The van der Waals surface area contributed by atoms with Crippen LogP contribution in [0.5, 0.6) is 0 Å². The van der Waals surface area contributed by atoms with Gasteiger partial charge in [-0.3, -0.25) is 19.3 Å². The average molecular weight is 488 g/mol. The first-order valence-electron chi connectivity index (χ1n) is 13.6. The summed E-state index contributed by atoms with van der Waals surface area (Å²) in [5.74, 6) is -0.0963. The molecule has 0 unspecified atom stereocenters. The zero-order chi connectivity index (χ0) is 25.1. The second-order valence-corrected chi connectivity index (χ2v) is 10.6. The first-order chi connectivity index (χ1) is 17.5. The van der Waals surface area contributed by atoms with Crippen molar-refractivity contribution in [2.45, 2.75) is 70.4 Å². The molecule has 0 bridgehead atoms. The van der Waals surface area contributed by atoms with E-state index in [1.807, 2.05) is 54.4 Å². The first kappa shape index (κ1) is 24.5. The summed E-state index contributed by atoms with van der Waals surface area (Å²) < 4.78 is 0. The summed E-state index contributed by atoms with van der Waals surface area (Å²) >= 11 is 0. The van der Waals surface area contributed by atoms with Gasteiger partial charge in [-0.1, -0.05) is 68.5 Å². The van der Waals surface area contributed by atoms with Crippen molar-refractivity contribution < 1.29 is 14.4 Å². The van der Waals surface area contributed by atoms with Crippen molar-refractivity contribution in [1.82, 2.24) is 9.80 Å². The van der Waals surface area contributed by atoms with Crippen LogP contribution in [0.25, 0.3) is 0 Å². The summed E-state index contributed by atoms with van der Waals surface area (Å²) in [5.41, 5.74) is 3.08. The topological polar surface area (TPSA) is 60.9 Å². The molecule has 3 aliphatic rings. The van der Waals surface area contributed by atoms with Gasteiger partial charge in [0.25, 0.3) is 11.8 Å². The van der Waals surface area contributed by atoms with E-state index in [4.69, 9.17) is 0 Å². The van der Waals surface area contributed by atoms with Crippen LogP contribution < -0.4 is 4.90 Å². The molecule has 3 amide bonds. The van der Waals surface area contributed by atoms with Gasteiger partial charge < -0.3 is 9.80 Å². The van der Waals surface area contributed by atoms with Crippen molar-refractivity contribution >= 4 is 23.4 Å². The zero-order valence-electron chi connectivity index (χ0n) is 21.3. The number of nitrogens with zero attached hydrogens (tertiary/aromatic N) is 3. The highest BCUT2D eigenvalue weighted by Gasteiger charge is 2.42. The van der Waals surface area contributed by atoms with Crippen molar-refractivity contribution in [2.24, 2.45) is 5.92 Å². The highest BCUT2D eigenvalue weighted by molar-refractivity contribution is 6.24. The van der Waals surface area contributed by atoms with Gasteiger partial charge in [-0.05, 0) is 43.4 Å². The maximum Gasteiger partial charge on any atom is 0.263 e. The van der Waals surface area contributed by atoms with Gasteiger partial charge >= 0.3 is 0 Å². The van der Waals surface area contributed by atoms with Crippen molar-refractivity contribution in [3.63, 3.8) is 0 Å². The molecule has 2 aromatic rings. The van der Waals surface area contributed by atoms with Crippen LogP contribution in [0.2, 0.25) is 0 Å². The molecule has 6 nitrogen and oxygen atoms in total. The van der Waals surface area contributed by atoms with Crippen LogP contribution in [0.4, 0.5) is 5.69 Å². The molecule has 2 aromatic carbocycles. The largest absolute Gasteiger partial charge is 0.371 e. The van der Waals surface area contributed by atoms with E-state index in [1.54, 1.807) is 11.0 Å². The van der Waals surface area contributed by atoms with E-state index in [0.717, 1.165) is 49.8 Å². The van der Waals surface area contributed by atoms with Crippen LogP contribution in [-0.4, -0.2) is 53.7 Å². The third kappa shape index (κ3) is 4.91. The number of piperidine rings is 1. The fourth-order valence-corrected chi connectivity index (χ4v) is 6.19. The van der Waals surface area contributed by atoms with Crippen LogP contribution in [0.1, 0.15) is 84.1 Å². The predicted molar refractivity (Wildman–Crippen MR) is 141 cm³/mol. The number of hydrogen-bond acceptors (Lipinski definition) is 4. The lowest BCUT2D eigenvalue weighted by molar-refractivity contribution is -0.135. The molecule has 1 aliphatic carbocycles. The minimum absolute atomic E-state index is 0.00839. The van der Waals surface area contributed by atoms with Crippen LogP contribution >= 0.6 is 0 Å². The number of anilines is 1. The Labute approximate surface area is 214 Å². The van der Waals surface area contributed by atoms with Gasteiger partial charge in [0, 0.05) is 38.6 Å². The molecule has 5 rings (SSSR count). The molecule has 36 heavy (non-hydrogen) atoms. The smallest absolute Gasteiger partial charge is 0.263 e. The Hall–Kier alpha value is -3.15. The van der Waals surface area contributed by atoms with Gasteiger partial charge in [-0.25, -0.2) is 0 Å². The van der Waals surface area contributed by atoms with E-state index in [9.17, 15) is 14.4 Å². The molecule has 0 N–H and O–H groups in total. The SMILES string of the molecule is CN(Cc1ccccc1)C(=O)C1CCN(c2cccc3c2C(=O)N(C2CCCCCCC2)C3=O)CC1. The Morgan fingerprint density at radius 1 is 0.833 bits per heavy atom. The van der Waals surface area contributed by atoms with Gasteiger partial charge in [0.05, 0.1) is 16.8 Å². The number of carbonyl (C=O) groups is 3. The molecule has 0 atom stereocenters. The van der Waals surface area contributed by atoms with Gasteiger partial charge in [0.15, 0.2) is 0 Å². The molecule has 0 spiro atoms. The van der Waals surface area contributed by atoms with Crippen LogP contribution in [-0.2, 0) is 11.3 Å². The fourth-order valence-electron chi connectivity index (χ4n) is 6.19. The second kappa shape index (κ2) is 10.9. The molecule has 2 aliphatic heterocycles. The molecular formula is C30H37N3O3. The molecule has 0 radical (unpaired) electrons. The Bertz CT molecular complexity index is 1100. The minimum atomic E-state index is -0.130. The second-order valence-electron chi connectivity index (χ2n) is 10.6. The van der Waals surface area contributed by atoms with Gasteiger partial charge in [0.1, 0.15) is 0 Å². The molecule has 6 heteroatoms. The van der Waals surface area contributed by atoms with Crippen molar-refractivity contribution in [3.05, 3.63) is 65.2 Å². The number of carbonyl (C=O) groups excluding carboxylic acids is 3. The Morgan fingerprint density at radius 2 is 1.50 bits per heavy atom. The Morgan fingerprint density at radius 3 is 2.19 bits per heavy atom. The normalized spacial score (nSPS) is 19.7. The van der Waals surface area contributed by atoms with Crippen molar-refractivity contribution in [3.8, 4) is 0 Å². The summed E-state index contributed by atoms with van der Waals surface area (Å²) in [7, 11) is 1.88. The quantitative estimate of drug-likeness (QED) is 0.539. The van der Waals surface area contributed by atoms with Crippen LogP contribution in [0.15, 0.2) is 48.5 Å². The lowest BCUT2D eigenvalue weighted by Gasteiger charge is -2.35. The molecule has 1 saturated carbocycles. The number of fused-ring (bicyclic) bond motifs is 1. The predicted octanol–water partition coefficient (Wildman–Crippen LogP) is 5.27. The number of imide groups is 1. The number of amides is 3. The van der Waals surface area contributed by atoms with Crippen LogP contribution in [0, 0.1) is 5.92 Å². The average Bonchev–Trinajstić information content (AvgIpc) is 3.14.